The molecule has 1 fully saturated rings. The highest BCUT2D eigenvalue weighted by Crippen LogP contribution is 2.24. The van der Waals surface area contributed by atoms with Crippen LogP contribution in [0.4, 0.5) is 0 Å². The molecule has 1 saturated carbocycles. The fraction of sp³-hybridized carbons (Fsp3) is 0.619. The summed E-state index contributed by atoms with van der Waals surface area (Å²) in [5, 5.41) is 0. The van der Waals surface area contributed by atoms with E-state index in [0.717, 1.165) is 38.5 Å². The number of unbranched alkanes of at least 4 members (excludes halogenated alkanes) is 3. The number of esters is 2. The lowest BCUT2D eigenvalue weighted by Crippen LogP contribution is -2.17. The molecule has 25 heavy (non-hydrogen) atoms. The molecule has 1 aliphatic carbocycles. The Hall–Kier alpha value is -1.84. The molecule has 2 rings (SSSR count). The Kier molecular flexibility index (Phi) is 8.50. The van der Waals surface area contributed by atoms with Gasteiger partial charge in [-0.3, -0.25) is 0 Å². The van der Waals surface area contributed by atoms with E-state index in [9.17, 15) is 9.59 Å². The molecule has 1 aliphatic rings. The standard InChI is InChI=1S/C21H30O4/c1-2-3-4-8-14-24-20(22)18-12-9-13-19(15-18)21(23)25-16-17-10-6-5-7-11-17/h9,12-13,15,17H,2-8,10-11,14,16H2,1H3. The van der Waals surface area contributed by atoms with Crippen LogP contribution in [0, 0.1) is 5.92 Å². The normalized spacial score (nSPS) is 14.9. The van der Waals surface area contributed by atoms with Gasteiger partial charge in [0.15, 0.2) is 0 Å². The summed E-state index contributed by atoms with van der Waals surface area (Å²) in [6, 6.07) is 6.62. The van der Waals surface area contributed by atoms with Crippen molar-refractivity contribution in [2.45, 2.75) is 64.7 Å². The zero-order valence-electron chi connectivity index (χ0n) is 15.3. The maximum Gasteiger partial charge on any atom is 0.338 e. The molecular formula is C21H30O4. The van der Waals surface area contributed by atoms with Crippen LogP contribution < -0.4 is 0 Å². The molecule has 0 radical (unpaired) electrons. The molecule has 0 aliphatic heterocycles. The molecule has 138 valence electrons. The summed E-state index contributed by atoms with van der Waals surface area (Å²) >= 11 is 0. The lowest BCUT2D eigenvalue weighted by Gasteiger charge is -2.21. The predicted octanol–water partition coefficient (Wildman–Crippen LogP) is 5.16. The van der Waals surface area contributed by atoms with Gasteiger partial charge in [-0.1, -0.05) is 51.5 Å². The highest BCUT2D eigenvalue weighted by atomic mass is 16.5. The van der Waals surface area contributed by atoms with Crippen LogP contribution in [0.15, 0.2) is 24.3 Å². The third-order valence-corrected chi connectivity index (χ3v) is 4.74. The van der Waals surface area contributed by atoms with Gasteiger partial charge in [0.05, 0.1) is 24.3 Å². The minimum atomic E-state index is -0.376. The third-order valence-electron chi connectivity index (χ3n) is 4.74. The van der Waals surface area contributed by atoms with Crippen molar-refractivity contribution in [1.29, 1.82) is 0 Å². The topological polar surface area (TPSA) is 52.6 Å². The molecule has 1 aromatic rings. The smallest absolute Gasteiger partial charge is 0.338 e. The SMILES string of the molecule is CCCCCCOC(=O)c1cccc(C(=O)OCC2CCCCC2)c1. The molecule has 0 N–H and O–H groups in total. The first-order valence-electron chi connectivity index (χ1n) is 9.65. The minimum Gasteiger partial charge on any atom is -0.462 e. The molecule has 1 aromatic carbocycles. The Morgan fingerprint density at radius 3 is 2.32 bits per heavy atom. The quantitative estimate of drug-likeness (QED) is 0.458. The molecule has 0 saturated heterocycles. The highest BCUT2D eigenvalue weighted by molar-refractivity contribution is 5.95. The van der Waals surface area contributed by atoms with Gasteiger partial charge in [0, 0.05) is 0 Å². The summed E-state index contributed by atoms with van der Waals surface area (Å²) in [6.45, 7) is 3.05. The minimum absolute atomic E-state index is 0.358. The fourth-order valence-corrected chi connectivity index (χ4v) is 3.18. The van der Waals surface area contributed by atoms with E-state index in [1.165, 1.54) is 19.3 Å². The Bertz CT molecular complexity index is 547. The van der Waals surface area contributed by atoms with Gasteiger partial charge in [-0.15, -0.1) is 0 Å². The van der Waals surface area contributed by atoms with E-state index in [4.69, 9.17) is 9.47 Å². The summed E-state index contributed by atoms with van der Waals surface area (Å²) in [6.07, 6.45) is 10.3. The monoisotopic (exact) mass is 346 g/mol. The molecule has 4 nitrogen and oxygen atoms in total. The molecule has 0 heterocycles. The first-order valence-corrected chi connectivity index (χ1v) is 9.65. The van der Waals surface area contributed by atoms with Crippen LogP contribution in [0.1, 0.15) is 85.4 Å². The van der Waals surface area contributed by atoms with Crippen LogP contribution in [0.3, 0.4) is 0 Å². The molecule has 0 atom stereocenters. The average molecular weight is 346 g/mol. The van der Waals surface area contributed by atoms with E-state index in [2.05, 4.69) is 6.92 Å². The van der Waals surface area contributed by atoms with Crippen molar-refractivity contribution in [2.75, 3.05) is 13.2 Å². The van der Waals surface area contributed by atoms with E-state index < -0.39 is 0 Å². The second-order valence-electron chi connectivity index (χ2n) is 6.88. The first-order chi connectivity index (χ1) is 12.2. The summed E-state index contributed by atoms with van der Waals surface area (Å²) in [5.41, 5.74) is 0.818. The number of hydrogen-bond donors (Lipinski definition) is 0. The van der Waals surface area contributed by atoms with E-state index in [0.29, 0.717) is 30.3 Å². The summed E-state index contributed by atoms with van der Waals surface area (Å²) < 4.78 is 10.7. The number of carbonyl (C=O) groups is 2. The molecule has 0 spiro atoms. The van der Waals surface area contributed by atoms with Gasteiger partial charge in [0.1, 0.15) is 0 Å². The maximum absolute atomic E-state index is 12.2. The van der Waals surface area contributed by atoms with E-state index >= 15 is 0 Å². The third kappa shape index (κ3) is 6.89. The summed E-state index contributed by atoms with van der Waals surface area (Å²) in [7, 11) is 0. The van der Waals surface area contributed by atoms with Crippen molar-refractivity contribution >= 4 is 11.9 Å². The molecule has 0 bridgehead atoms. The molecule has 0 unspecified atom stereocenters. The number of carbonyl (C=O) groups excluding carboxylic acids is 2. The molecule has 4 heteroatoms. The van der Waals surface area contributed by atoms with Gasteiger partial charge < -0.3 is 9.47 Å². The number of benzene rings is 1. The van der Waals surface area contributed by atoms with Crippen LogP contribution in [-0.4, -0.2) is 25.2 Å². The first kappa shape index (κ1) is 19.5. The van der Waals surface area contributed by atoms with Gasteiger partial charge >= 0.3 is 11.9 Å². The second-order valence-corrected chi connectivity index (χ2v) is 6.88. The Balaban J connectivity index is 1.80. The van der Waals surface area contributed by atoms with Gasteiger partial charge in [-0.25, -0.2) is 9.59 Å². The van der Waals surface area contributed by atoms with Crippen molar-refractivity contribution in [3.05, 3.63) is 35.4 Å². The van der Waals surface area contributed by atoms with Crippen LogP contribution in [0.25, 0.3) is 0 Å². The highest BCUT2D eigenvalue weighted by Gasteiger charge is 2.17. The Morgan fingerprint density at radius 1 is 0.960 bits per heavy atom. The van der Waals surface area contributed by atoms with Crippen LogP contribution in [0.2, 0.25) is 0 Å². The molecule has 0 amide bonds. The van der Waals surface area contributed by atoms with Crippen LogP contribution >= 0.6 is 0 Å². The van der Waals surface area contributed by atoms with E-state index in [-0.39, 0.29) is 11.9 Å². The van der Waals surface area contributed by atoms with Gasteiger partial charge in [-0.05, 0) is 43.4 Å². The van der Waals surface area contributed by atoms with Crippen molar-refractivity contribution in [3.63, 3.8) is 0 Å². The fourth-order valence-electron chi connectivity index (χ4n) is 3.18. The number of hydrogen-bond acceptors (Lipinski definition) is 4. The largest absolute Gasteiger partial charge is 0.462 e. The molecule has 0 aromatic heterocycles. The summed E-state index contributed by atoms with van der Waals surface area (Å²) in [4.78, 5) is 24.3. The van der Waals surface area contributed by atoms with Crippen molar-refractivity contribution in [2.24, 2.45) is 5.92 Å². The van der Waals surface area contributed by atoms with Gasteiger partial charge in [0.25, 0.3) is 0 Å². The maximum atomic E-state index is 12.2. The van der Waals surface area contributed by atoms with E-state index in [1.807, 2.05) is 0 Å². The summed E-state index contributed by atoms with van der Waals surface area (Å²) in [5.74, 6) is -0.254. The van der Waals surface area contributed by atoms with Gasteiger partial charge in [-0.2, -0.15) is 0 Å². The van der Waals surface area contributed by atoms with Crippen molar-refractivity contribution in [3.8, 4) is 0 Å². The lowest BCUT2D eigenvalue weighted by atomic mass is 9.90. The zero-order valence-corrected chi connectivity index (χ0v) is 15.3. The van der Waals surface area contributed by atoms with Crippen LogP contribution in [0.5, 0.6) is 0 Å². The number of rotatable bonds is 9. The predicted molar refractivity (Wildman–Crippen MR) is 97.7 cm³/mol. The Morgan fingerprint density at radius 2 is 1.64 bits per heavy atom. The average Bonchev–Trinajstić information content (AvgIpc) is 2.66. The zero-order chi connectivity index (χ0) is 17.9. The Labute approximate surface area is 150 Å². The van der Waals surface area contributed by atoms with E-state index in [1.54, 1.807) is 24.3 Å². The van der Waals surface area contributed by atoms with Crippen molar-refractivity contribution < 1.29 is 19.1 Å². The molecular weight excluding hydrogens is 316 g/mol. The van der Waals surface area contributed by atoms with Crippen molar-refractivity contribution in [1.82, 2.24) is 0 Å². The number of ether oxygens (including phenoxy) is 2. The lowest BCUT2D eigenvalue weighted by molar-refractivity contribution is 0.0410. The van der Waals surface area contributed by atoms with Gasteiger partial charge in [0.2, 0.25) is 0 Å². The second kappa shape index (κ2) is 10.9. The van der Waals surface area contributed by atoms with Crippen LogP contribution in [-0.2, 0) is 9.47 Å².